The number of H-pyrrole nitrogens is 1. The minimum atomic E-state index is -0.114. The summed E-state index contributed by atoms with van der Waals surface area (Å²) in [4.78, 5) is 32.8. The average molecular weight is 439 g/mol. The molecule has 166 valence electrons. The highest BCUT2D eigenvalue weighted by Gasteiger charge is 2.23. The van der Waals surface area contributed by atoms with Crippen molar-refractivity contribution in [1.82, 2.24) is 14.8 Å². The maximum absolute atomic E-state index is 12.9. The first-order valence-electron chi connectivity index (χ1n) is 11.2. The predicted octanol–water partition coefficient (Wildman–Crippen LogP) is 4.38. The van der Waals surface area contributed by atoms with E-state index in [1.54, 1.807) is 0 Å². The van der Waals surface area contributed by atoms with Gasteiger partial charge in [0.15, 0.2) is 0 Å². The number of piperazine rings is 1. The van der Waals surface area contributed by atoms with Crippen LogP contribution in [0.1, 0.15) is 26.4 Å². The van der Waals surface area contributed by atoms with Crippen molar-refractivity contribution in [3.05, 3.63) is 102 Å². The van der Waals surface area contributed by atoms with Crippen molar-refractivity contribution in [3.63, 3.8) is 0 Å². The second-order valence-electron chi connectivity index (χ2n) is 8.36. The minimum absolute atomic E-state index is 0.0552. The molecule has 1 aromatic heterocycles. The smallest absolute Gasteiger partial charge is 0.270 e. The monoisotopic (exact) mass is 438 g/mol. The first-order chi connectivity index (χ1) is 16.2. The fourth-order valence-corrected chi connectivity index (χ4v) is 4.21. The maximum Gasteiger partial charge on any atom is 0.270 e. The van der Waals surface area contributed by atoms with Crippen molar-refractivity contribution in [3.8, 4) is 0 Å². The molecule has 0 aliphatic carbocycles. The molecule has 6 nitrogen and oxygen atoms in total. The second-order valence-corrected chi connectivity index (χ2v) is 8.36. The van der Waals surface area contributed by atoms with Crippen LogP contribution in [-0.2, 0) is 6.54 Å². The lowest BCUT2D eigenvalue weighted by atomic mass is 10.1. The maximum atomic E-state index is 12.9. The summed E-state index contributed by atoms with van der Waals surface area (Å²) in [5, 5.41) is 3.96. The Balaban J connectivity index is 1.14. The molecule has 4 aromatic rings. The Labute approximate surface area is 192 Å². The number of aromatic amines is 1. The standard InChI is InChI=1S/C27H26N4O2/c32-26(28-23-7-2-1-3-8-23)21-12-10-20(11-13-21)19-30-14-16-31(17-15-30)27(33)25-18-22-6-4-5-9-24(22)29-25/h1-13,18,29H,14-17,19H2,(H,28,32). The molecule has 2 N–H and O–H groups in total. The topological polar surface area (TPSA) is 68.4 Å². The Bertz CT molecular complexity index is 1220. The number of amides is 2. The predicted molar refractivity (Wildman–Crippen MR) is 130 cm³/mol. The van der Waals surface area contributed by atoms with Crippen molar-refractivity contribution in [1.29, 1.82) is 0 Å². The van der Waals surface area contributed by atoms with Crippen LogP contribution in [0.2, 0.25) is 0 Å². The van der Waals surface area contributed by atoms with Gasteiger partial charge in [-0.1, -0.05) is 48.5 Å². The zero-order valence-electron chi connectivity index (χ0n) is 18.3. The van der Waals surface area contributed by atoms with E-state index in [-0.39, 0.29) is 11.8 Å². The molecule has 1 fully saturated rings. The van der Waals surface area contributed by atoms with E-state index in [0.29, 0.717) is 24.3 Å². The van der Waals surface area contributed by atoms with Crippen LogP contribution in [-0.4, -0.2) is 52.8 Å². The van der Waals surface area contributed by atoms with Gasteiger partial charge < -0.3 is 15.2 Å². The van der Waals surface area contributed by atoms with Gasteiger partial charge in [0, 0.05) is 54.9 Å². The number of nitrogens with one attached hydrogen (secondary N) is 2. The number of benzene rings is 3. The van der Waals surface area contributed by atoms with Gasteiger partial charge in [0.25, 0.3) is 11.8 Å². The van der Waals surface area contributed by atoms with E-state index >= 15 is 0 Å². The third kappa shape index (κ3) is 4.81. The van der Waals surface area contributed by atoms with Gasteiger partial charge in [-0.25, -0.2) is 0 Å². The van der Waals surface area contributed by atoms with E-state index in [4.69, 9.17) is 0 Å². The van der Waals surface area contributed by atoms with Crippen molar-refractivity contribution < 1.29 is 9.59 Å². The Kier molecular flexibility index (Phi) is 5.91. The van der Waals surface area contributed by atoms with Crippen molar-refractivity contribution >= 4 is 28.4 Å². The highest BCUT2D eigenvalue weighted by atomic mass is 16.2. The molecule has 0 atom stereocenters. The van der Waals surface area contributed by atoms with Crippen molar-refractivity contribution in [2.24, 2.45) is 0 Å². The zero-order valence-corrected chi connectivity index (χ0v) is 18.3. The molecule has 2 heterocycles. The molecule has 0 spiro atoms. The molecule has 6 heteroatoms. The SMILES string of the molecule is O=C(Nc1ccccc1)c1ccc(CN2CCN(C(=O)c3cc4ccccc4[nH]3)CC2)cc1. The summed E-state index contributed by atoms with van der Waals surface area (Å²) in [6, 6.07) is 27.1. The van der Waals surface area contributed by atoms with Crippen LogP contribution in [0.25, 0.3) is 10.9 Å². The van der Waals surface area contributed by atoms with E-state index in [1.165, 1.54) is 0 Å². The molecule has 3 aromatic carbocycles. The Morgan fingerprint density at radius 3 is 2.24 bits per heavy atom. The average Bonchev–Trinajstić information content (AvgIpc) is 3.29. The molecule has 33 heavy (non-hydrogen) atoms. The molecular formula is C27H26N4O2. The number of carbonyl (C=O) groups is 2. The molecule has 5 rings (SSSR count). The lowest BCUT2D eigenvalue weighted by Crippen LogP contribution is -2.48. The Hall–Kier alpha value is -3.90. The number of para-hydroxylation sites is 2. The first kappa shape index (κ1) is 21.0. The number of rotatable bonds is 5. The number of nitrogens with zero attached hydrogens (tertiary/aromatic N) is 2. The van der Waals surface area contributed by atoms with Crippen molar-refractivity contribution in [2.75, 3.05) is 31.5 Å². The Morgan fingerprint density at radius 1 is 0.818 bits per heavy atom. The van der Waals surface area contributed by atoms with Crippen LogP contribution < -0.4 is 5.32 Å². The first-order valence-corrected chi connectivity index (χ1v) is 11.2. The summed E-state index contributed by atoms with van der Waals surface area (Å²) in [5.74, 6) is -0.0588. The van der Waals surface area contributed by atoms with Crippen molar-refractivity contribution in [2.45, 2.75) is 6.54 Å². The van der Waals surface area contributed by atoms with Gasteiger partial charge in [-0.2, -0.15) is 0 Å². The number of anilines is 1. The zero-order chi connectivity index (χ0) is 22.6. The van der Waals surface area contributed by atoms with E-state index in [0.717, 1.165) is 41.8 Å². The summed E-state index contributed by atoms with van der Waals surface area (Å²) in [7, 11) is 0. The van der Waals surface area contributed by atoms with Crippen LogP contribution in [0, 0.1) is 0 Å². The fourth-order valence-electron chi connectivity index (χ4n) is 4.21. The largest absolute Gasteiger partial charge is 0.351 e. The van der Waals surface area contributed by atoms with Crippen LogP contribution >= 0.6 is 0 Å². The van der Waals surface area contributed by atoms with Gasteiger partial charge in [0.2, 0.25) is 0 Å². The van der Waals surface area contributed by atoms with Gasteiger partial charge in [-0.05, 0) is 42.0 Å². The Morgan fingerprint density at radius 2 is 1.52 bits per heavy atom. The van der Waals surface area contributed by atoms with Gasteiger partial charge in [0.05, 0.1) is 0 Å². The normalized spacial score (nSPS) is 14.4. The second kappa shape index (κ2) is 9.30. The molecule has 1 aliphatic heterocycles. The number of carbonyl (C=O) groups excluding carboxylic acids is 2. The van der Waals surface area contributed by atoms with Crippen LogP contribution in [0.3, 0.4) is 0 Å². The number of aromatic nitrogens is 1. The van der Waals surface area contributed by atoms with Crippen LogP contribution in [0.15, 0.2) is 84.9 Å². The molecule has 0 radical (unpaired) electrons. The molecule has 2 amide bonds. The molecular weight excluding hydrogens is 412 g/mol. The summed E-state index contributed by atoms with van der Waals surface area (Å²) >= 11 is 0. The minimum Gasteiger partial charge on any atom is -0.351 e. The summed E-state index contributed by atoms with van der Waals surface area (Å²) in [6.07, 6.45) is 0. The lowest BCUT2D eigenvalue weighted by molar-refractivity contribution is 0.0623. The lowest BCUT2D eigenvalue weighted by Gasteiger charge is -2.34. The number of fused-ring (bicyclic) bond motifs is 1. The third-order valence-electron chi connectivity index (χ3n) is 6.07. The molecule has 0 unspecified atom stereocenters. The van der Waals surface area contributed by atoms with E-state index in [9.17, 15) is 9.59 Å². The third-order valence-corrected chi connectivity index (χ3v) is 6.07. The van der Waals surface area contributed by atoms with E-state index < -0.39 is 0 Å². The summed E-state index contributed by atoms with van der Waals surface area (Å²) in [5.41, 5.74) is 4.21. The highest BCUT2D eigenvalue weighted by molar-refractivity contribution is 6.04. The van der Waals surface area contributed by atoms with E-state index in [2.05, 4.69) is 15.2 Å². The molecule has 0 bridgehead atoms. The molecule has 1 saturated heterocycles. The number of hydrogen-bond acceptors (Lipinski definition) is 3. The van der Waals surface area contributed by atoms with E-state index in [1.807, 2.05) is 89.8 Å². The van der Waals surface area contributed by atoms with Gasteiger partial charge >= 0.3 is 0 Å². The quantitative estimate of drug-likeness (QED) is 0.486. The molecule has 1 aliphatic rings. The van der Waals surface area contributed by atoms with Gasteiger partial charge in [-0.3, -0.25) is 14.5 Å². The molecule has 0 saturated carbocycles. The summed E-state index contributed by atoms with van der Waals surface area (Å²) in [6.45, 7) is 3.84. The summed E-state index contributed by atoms with van der Waals surface area (Å²) < 4.78 is 0. The van der Waals surface area contributed by atoms with Crippen LogP contribution in [0.4, 0.5) is 5.69 Å². The van der Waals surface area contributed by atoms with Gasteiger partial charge in [-0.15, -0.1) is 0 Å². The fraction of sp³-hybridized carbons (Fsp3) is 0.185. The van der Waals surface area contributed by atoms with Gasteiger partial charge in [0.1, 0.15) is 5.69 Å². The highest BCUT2D eigenvalue weighted by Crippen LogP contribution is 2.18. The number of hydrogen-bond donors (Lipinski definition) is 2. The van der Waals surface area contributed by atoms with Crippen LogP contribution in [0.5, 0.6) is 0 Å².